The number of esters is 1. The zero-order valence-corrected chi connectivity index (χ0v) is 9.64. The maximum atomic E-state index is 11.3. The maximum Gasteiger partial charge on any atom is 0.306 e. The van der Waals surface area contributed by atoms with Crippen molar-refractivity contribution in [1.29, 1.82) is 0 Å². The van der Waals surface area contributed by atoms with E-state index in [4.69, 9.17) is 10.5 Å². The molecule has 0 aliphatic carbocycles. The number of carbonyl (C=O) groups is 1. The molecule has 14 heavy (non-hydrogen) atoms. The lowest BCUT2D eigenvalue weighted by molar-refractivity contribution is -0.157. The SMILES string of the molecule is CCCCC(C)(C)OC(=O)CCCN. The minimum atomic E-state index is -0.318. The van der Waals surface area contributed by atoms with E-state index in [-0.39, 0.29) is 11.6 Å². The Balaban J connectivity index is 3.76. The predicted molar refractivity (Wildman–Crippen MR) is 58.0 cm³/mol. The Bertz CT molecular complexity index is 167. The summed E-state index contributed by atoms with van der Waals surface area (Å²) in [4.78, 5) is 11.3. The van der Waals surface area contributed by atoms with Gasteiger partial charge in [-0.3, -0.25) is 4.79 Å². The fourth-order valence-corrected chi connectivity index (χ4v) is 1.26. The van der Waals surface area contributed by atoms with Crippen molar-refractivity contribution in [2.24, 2.45) is 5.73 Å². The Labute approximate surface area is 87.0 Å². The molecule has 0 fully saturated rings. The van der Waals surface area contributed by atoms with E-state index in [2.05, 4.69) is 6.92 Å². The summed E-state index contributed by atoms with van der Waals surface area (Å²) in [6.07, 6.45) is 4.30. The molecule has 0 rings (SSSR count). The van der Waals surface area contributed by atoms with Gasteiger partial charge in [0.25, 0.3) is 0 Å². The molecule has 0 aliphatic rings. The summed E-state index contributed by atoms with van der Waals surface area (Å²) in [5.41, 5.74) is 5.00. The van der Waals surface area contributed by atoms with Gasteiger partial charge in [0, 0.05) is 6.42 Å². The third-order valence-corrected chi connectivity index (χ3v) is 2.11. The van der Waals surface area contributed by atoms with E-state index in [1.165, 1.54) is 0 Å². The summed E-state index contributed by atoms with van der Waals surface area (Å²) in [5.74, 6) is -0.128. The largest absolute Gasteiger partial charge is 0.460 e. The molecular weight excluding hydrogens is 178 g/mol. The summed E-state index contributed by atoms with van der Waals surface area (Å²) in [6.45, 7) is 6.60. The van der Waals surface area contributed by atoms with Gasteiger partial charge in [0.1, 0.15) is 5.60 Å². The smallest absolute Gasteiger partial charge is 0.306 e. The molecule has 3 nitrogen and oxygen atoms in total. The zero-order valence-electron chi connectivity index (χ0n) is 9.64. The van der Waals surface area contributed by atoms with Gasteiger partial charge in [0.05, 0.1) is 0 Å². The standard InChI is InChI=1S/C11H23NO2/c1-4-5-8-11(2,3)14-10(13)7-6-9-12/h4-9,12H2,1-3H3. The van der Waals surface area contributed by atoms with Crippen molar-refractivity contribution in [2.75, 3.05) is 6.54 Å². The van der Waals surface area contributed by atoms with Crippen LogP contribution in [-0.4, -0.2) is 18.1 Å². The maximum absolute atomic E-state index is 11.3. The monoisotopic (exact) mass is 201 g/mol. The van der Waals surface area contributed by atoms with Crippen LogP contribution in [0.1, 0.15) is 52.9 Å². The second-order valence-electron chi connectivity index (χ2n) is 4.23. The highest BCUT2D eigenvalue weighted by Crippen LogP contribution is 2.18. The normalized spacial score (nSPS) is 11.4. The van der Waals surface area contributed by atoms with Crippen molar-refractivity contribution >= 4 is 5.97 Å². The van der Waals surface area contributed by atoms with Crippen LogP contribution in [0.4, 0.5) is 0 Å². The molecule has 0 aliphatic heterocycles. The molecule has 0 saturated carbocycles. The first-order chi connectivity index (χ1) is 6.52. The molecule has 0 radical (unpaired) electrons. The number of nitrogens with two attached hydrogens (primary N) is 1. The Morgan fingerprint density at radius 1 is 1.36 bits per heavy atom. The van der Waals surface area contributed by atoms with E-state index >= 15 is 0 Å². The first kappa shape index (κ1) is 13.4. The third-order valence-electron chi connectivity index (χ3n) is 2.11. The number of hydrogen-bond acceptors (Lipinski definition) is 3. The molecule has 84 valence electrons. The molecule has 0 aromatic rings. The van der Waals surface area contributed by atoms with Crippen molar-refractivity contribution in [3.8, 4) is 0 Å². The highest BCUT2D eigenvalue weighted by atomic mass is 16.6. The minimum absolute atomic E-state index is 0.128. The summed E-state index contributed by atoms with van der Waals surface area (Å²) in [5, 5.41) is 0. The van der Waals surface area contributed by atoms with Crippen LogP contribution in [0.2, 0.25) is 0 Å². The summed E-state index contributed by atoms with van der Waals surface area (Å²) in [6, 6.07) is 0. The van der Waals surface area contributed by atoms with Gasteiger partial charge in [-0.1, -0.05) is 13.3 Å². The van der Waals surface area contributed by atoms with Crippen molar-refractivity contribution in [1.82, 2.24) is 0 Å². The Morgan fingerprint density at radius 3 is 2.50 bits per heavy atom. The van der Waals surface area contributed by atoms with E-state index in [1.807, 2.05) is 13.8 Å². The summed E-state index contributed by atoms with van der Waals surface area (Å²) >= 11 is 0. The van der Waals surface area contributed by atoms with E-state index < -0.39 is 0 Å². The lowest BCUT2D eigenvalue weighted by atomic mass is 10.0. The van der Waals surface area contributed by atoms with Gasteiger partial charge in [0.2, 0.25) is 0 Å². The second-order valence-corrected chi connectivity index (χ2v) is 4.23. The second kappa shape index (κ2) is 6.82. The zero-order chi connectivity index (χ0) is 11.0. The molecule has 3 heteroatoms. The molecule has 0 spiro atoms. The lowest BCUT2D eigenvalue weighted by Gasteiger charge is -2.24. The van der Waals surface area contributed by atoms with Crippen molar-refractivity contribution in [2.45, 2.75) is 58.5 Å². The number of rotatable bonds is 7. The first-order valence-corrected chi connectivity index (χ1v) is 5.43. The lowest BCUT2D eigenvalue weighted by Crippen LogP contribution is -2.28. The fourth-order valence-electron chi connectivity index (χ4n) is 1.26. The Hall–Kier alpha value is -0.570. The number of carbonyl (C=O) groups excluding carboxylic acids is 1. The van der Waals surface area contributed by atoms with Crippen molar-refractivity contribution in [3.05, 3.63) is 0 Å². The number of unbranched alkanes of at least 4 members (excludes halogenated alkanes) is 1. The third kappa shape index (κ3) is 6.89. The minimum Gasteiger partial charge on any atom is -0.460 e. The Morgan fingerprint density at radius 2 is 2.00 bits per heavy atom. The average molecular weight is 201 g/mol. The van der Waals surface area contributed by atoms with Crippen LogP contribution in [0.5, 0.6) is 0 Å². The molecule has 2 N–H and O–H groups in total. The molecule has 0 atom stereocenters. The van der Waals surface area contributed by atoms with Gasteiger partial charge in [0.15, 0.2) is 0 Å². The van der Waals surface area contributed by atoms with Crippen LogP contribution in [0.15, 0.2) is 0 Å². The van der Waals surface area contributed by atoms with Crippen LogP contribution < -0.4 is 5.73 Å². The van der Waals surface area contributed by atoms with Crippen LogP contribution >= 0.6 is 0 Å². The highest BCUT2D eigenvalue weighted by molar-refractivity contribution is 5.69. The van der Waals surface area contributed by atoms with Gasteiger partial charge in [-0.15, -0.1) is 0 Å². The number of ether oxygens (including phenoxy) is 1. The topological polar surface area (TPSA) is 52.3 Å². The highest BCUT2D eigenvalue weighted by Gasteiger charge is 2.21. The first-order valence-electron chi connectivity index (χ1n) is 5.43. The van der Waals surface area contributed by atoms with Crippen LogP contribution in [0, 0.1) is 0 Å². The quantitative estimate of drug-likeness (QED) is 0.643. The van der Waals surface area contributed by atoms with Crippen LogP contribution in [0.3, 0.4) is 0 Å². The van der Waals surface area contributed by atoms with Crippen molar-refractivity contribution < 1.29 is 9.53 Å². The summed E-state index contributed by atoms with van der Waals surface area (Å²) < 4.78 is 5.35. The molecule has 0 unspecified atom stereocenters. The van der Waals surface area contributed by atoms with Gasteiger partial charge in [-0.2, -0.15) is 0 Å². The van der Waals surface area contributed by atoms with Gasteiger partial charge in [-0.05, 0) is 39.7 Å². The van der Waals surface area contributed by atoms with E-state index in [9.17, 15) is 4.79 Å². The predicted octanol–water partition coefficient (Wildman–Crippen LogP) is 2.24. The van der Waals surface area contributed by atoms with Gasteiger partial charge < -0.3 is 10.5 Å². The van der Waals surface area contributed by atoms with Gasteiger partial charge >= 0.3 is 5.97 Å². The fraction of sp³-hybridized carbons (Fsp3) is 0.909. The molecule has 0 saturated heterocycles. The summed E-state index contributed by atoms with van der Waals surface area (Å²) in [7, 11) is 0. The molecule has 0 heterocycles. The van der Waals surface area contributed by atoms with E-state index in [1.54, 1.807) is 0 Å². The molecule has 0 aromatic carbocycles. The average Bonchev–Trinajstić information content (AvgIpc) is 2.11. The molecule has 0 bridgehead atoms. The van der Waals surface area contributed by atoms with Crippen LogP contribution in [-0.2, 0) is 9.53 Å². The van der Waals surface area contributed by atoms with E-state index in [0.29, 0.717) is 19.4 Å². The molecule has 0 amide bonds. The van der Waals surface area contributed by atoms with Crippen LogP contribution in [0.25, 0.3) is 0 Å². The number of hydrogen-bond donors (Lipinski definition) is 1. The Kier molecular flexibility index (Phi) is 6.54. The van der Waals surface area contributed by atoms with E-state index in [0.717, 1.165) is 19.3 Å². The molecule has 0 aromatic heterocycles. The van der Waals surface area contributed by atoms with Crippen molar-refractivity contribution in [3.63, 3.8) is 0 Å². The molecular formula is C11H23NO2. The van der Waals surface area contributed by atoms with Gasteiger partial charge in [-0.25, -0.2) is 0 Å².